The van der Waals surface area contributed by atoms with Crippen LogP contribution in [-0.2, 0) is 12.8 Å². The zero-order valence-corrected chi connectivity index (χ0v) is 14.5. The SMILES string of the molecule is COc1ccc(CCCc2ccccc2OC(C)C)cc1OC. The molecule has 0 fully saturated rings. The van der Waals surface area contributed by atoms with Gasteiger partial charge in [0.1, 0.15) is 5.75 Å². The molecule has 0 amide bonds. The van der Waals surface area contributed by atoms with E-state index in [1.54, 1.807) is 14.2 Å². The average Bonchev–Trinajstić information content (AvgIpc) is 2.55. The van der Waals surface area contributed by atoms with Crippen LogP contribution < -0.4 is 14.2 Å². The second-order valence-corrected chi connectivity index (χ2v) is 5.82. The van der Waals surface area contributed by atoms with Gasteiger partial charge in [0.15, 0.2) is 11.5 Å². The van der Waals surface area contributed by atoms with E-state index in [-0.39, 0.29) is 6.10 Å². The van der Waals surface area contributed by atoms with Crippen molar-refractivity contribution in [3.63, 3.8) is 0 Å². The highest BCUT2D eigenvalue weighted by Gasteiger charge is 2.07. The number of para-hydroxylation sites is 1. The first-order chi connectivity index (χ1) is 11.1. The van der Waals surface area contributed by atoms with E-state index in [9.17, 15) is 0 Å². The molecule has 124 valence electrons. The lowest BCUT2D eigenvalue weighted by Gasteiger charge is -2.14. The molecular formula is C20H26O3. The topological polar surface area (TPSA) is 27.7 Å². The molecule has 0 spiro atoms. The molecule has 2 rings (SSSR count). The smallest absolute Gasteiger partial charge is 0.160 e. The molecule has 2 aromatic rings. The number of ether oxygens (including phenoxy) is 3. The first-order valence-corrected chi connectivity index (χ1v) is 8.09. The van der Waals surface area contributed by atoms with Crippen LogP contribution in [0.3, 0.4) is 0 Å². The zero-order valence-electron chi connectivity index (χ0n) is 14.5. The second-order valence-electron chi connectivity index (χ2n) is 5.82. The number of methoxy groups -OCH3 is 2. The summed E-state index contributed by atoms with van der Waals surface area (Å²) in [5, 5.41) is 0. The minimum absolute atomic E-state index is 0.196. The van der Waals surface area contributed by atoms with Crippen molar-refractivity contribution < 1.29 is 14.2 Å². The Morgan fingerprint density at radius 3 is 2.26 bits per heavy atom. The molecular weight excluding hydrogens is 288 g/mol. The van der Waals surface area contributed by atoms with Gasteiger partial charge in [-0.05, 0) is 62.4 Å². The summed E-state index contributed by atoms with van der Waals surface area (Å²) in [6.45, 7) is 4.11. The normalized spacial score (nSPS) is 10.7. The fourth-order valence-electron chi connectivity index (χ4n) is 2.60. The molecule has 0 aliphatic carbocycles. The average molecular weight is 314 g/mol. The van der Waals surface area contributed by atoms with E-state index < -0.39 is 0 Å². The lowest BCUT2D eigenvalue weighted by Crippen LogP contribution is -2.07. The van der Waals surface area contributed by atoms with Gasteiger partial charge in [0, 0.05) is 0 Å². The lowest BCUT2D eigenvalue weighted by atomic mass is 10.0. The Balaban J connectivity index is 1.97. The molecule has 0 unspecified atom stereocenters. The monoisotopic (exact) mass is 314 g/mol. The number of hydrogen-bond acceptors (Lipinski definition) is 3. The van der Waals surface area contributed by atoms with Gasteiger partial charge in [0.2, 0.25) is 0 Å². The Kier molecular flexibility index (Phi) is 6.33. The van der Waals surface area contributed by atoms with Crippen LogP contribution in [0.5, 0.6) is 17.2 Å². The van der Waals surface area contributed by atoms with Gasteiger partial charge in [-0.15, -0.1) is 0 Å². The van der Waals surface area contributed by atoms with E-state index in [1.807, 2.05) is 18.2 Å². The number of aryl methyl sites for hydroxylation is 2. The number of benzene rings is 2. The van der Waals surface area contributed by atoms with Crippen LogP contribution in [0.1, 0.15) is 31.4 Å². The molecule has 0 saturated heterocycles. The Labute approximate surface area is 139 Å². The first kappa shape index (κ1) is 17.2. The summed E-state index contributed by atoms with van der Waals surface area (Å²) in [4.78, 5) is 0. The Bertz CT molecular complexity index is 620. The minimum Gasteiger partial charge on any atom is -0.493 e. The molecule has 0 aliphatic rings. The molecule has 23 heavy (non-hydrogen) atoms. The first-order valence-electron chi connectivity index (χ1n) is 8.09. The largest absolute Gasteiger partial charge is 0.493 e. The summed E-state index contributed by atoms with van der Waals surface area (Å²) in [7, 11) is 3.32. The third kappa shape index (κ3) is 4.92. The van der Waals surface area contributed by atoms with E-state index in [2.05, 4.69) is 38.1 Å². The van der Waals surface area contributed by atoms with Gasteiger partial charge in [0.05, 0.1) is 20.3 Å². The molecule has 0 aliphatic heterocycles. The van der Waals surface area contributed by atoms with Gasteiger partial charge in [-0.3, -0.25) is 0 Å². The molecule has 0 N–H and O–H groups in total. The van der Waals surface area contributed by atoms with Crippen molar-refractivity contribution in [1.82, 2.24) is 0 Å². The maximum Gasteiger partial charge on any atom is 0.160 e. The van der Waals surface area contributed by atoms with Gasteiger partial charge in [-0.1, -0.05) is 24.3 Å². The molecule has 0 bridgehead atoms. The van der Waals surface area contributed by atoms with Crippen LogP contribution in [0.2, 0.25) is 0 Å². The third-order valence-electron chi connectivity index (χ3n) is 3.69. The molecule has 0 heterocycles. The van der Waals surface area contributed by atoms with Crippen LogP contribution >= 0.6 is 0 Å². The van der Waals surface area contributed by atoms with E-state index in [4.69, 9.17) is 14.2 Å². The highest BCUT2D eigenvalue weighted by atomic mass is 16.5. The second kappa shape index (κ2) is 8.47. The molecule has 0 saturated carbocycles. The van der Waals surface area contributed by atoms with Crippen LogP contribution in [0.25, 0.3) is 0 Å². The lowest BCUT2D eigenvalue weighted by molar-refractivity contribution is 0.240. The third-order valence-corrected chi connectivity index (χ3v) is 3.69. The van der Waals surface area contributed by atoms with Crippen LogP contribution in [0.4, 0.5) is 0 Å². The Morgan fingerprint density at radius 1 is 0.826 bits per heavy atom. The van der Waals surface area contributed by atoms with Gasteiger partial charge in [-0.25, -0.2) is 0 Å². The number of rotatable bonds is 8. The Morgan fingerprint density at radius 2 is 1.57 bits per heavy atom. The van der Waals surface area contributed by atoms with Gasteiger partial charge in [-0.2, -0.15) is 0 Å². The maximum absolute atomic E-state index is 5.88. The molecule has 0 atom stereocenters. The van der Waals surface area contributed by atoms with Crippen molar-refractivity contribution in [2.45, 2.75) is 39.2 Å². The van der Waals surface area contributed by atoms with E-state index in [0.717, 1.165) is 36.5 Å². The van der Waals surface area contributed by atoms with Crippen LogP contribution in [-0.4, -0.2) is 20.3 Å². The fourth-order valence-corrected chi connectivity index (χ4v) is 2.60. The summed E-state index contributed by atoms with van der Waals surface area (Å²) >= 11 is 0. The highest BCUT2D eigenvalue weighted by molar-refractivity contribution is 5.43. The van der Waals surface area contributed by atoms with E-state index in [0.29, 0.717) is 0 Å². The van der Waals surface area contributed by atoms with Gasteiger partial charge >= 0.3 is 0 Å². The summed E-state index contributed by atoms with van der Waals surface area (Å²) in [6, 6.07) is 14.4. The van der Waals surface area contributed by atoms with Crippen molar-refractivity contribution >= 4 is 0 Å². The summed E-state index contributed by atoms with van der Waals surface area (Å²) in [5.41, 5.74) is 2.52. The quantitative estimate of drug-likeness (QED) is 0.709. The minimum atomic E-state index is 0.196. The molecule has 2 aromatic carbocycles. The fraction of sp³-hybridized carbons (Fsp3) is 0.400. The molecule has 0 aromatic heterocycles. The summed E-state index contributed by atoms with van der Waals surface area (Å²) in [5.74, 6) is 2.55. The van der Waals surface area contributed by atoms with Crippen molar-refractivity contribution in [1.29, 1.82) is 0 Å². The summed E-state index contributed by atoms with van der Waals surface area (Å²) < 4.78 is 16.5. The predicted molar refractivity (Wildman–Crippen MR) is 93.8 cm³/mol. The van der Waals surface area contributed by atoms with Crippen molar-refractivity contribution in [3.05, 3.63) is 53.6 Å². The molecule has 3 nitrogen and oxygen atoms in total. The predicted octanol–water partition coefficient (Wildman–Crippen LogP) is 4.67. The molecule has 3 heteroatoms. The van der Waals surface area contributed by atoms with Crippen molar-refractivity contribution in [2.75, 3.05) is 14.2 Å². The van der Waals surface area contributed by atoms with Crippen LogP contribution in [0, 0.1) is 0 Å². The van der Waals surface area contributed by atoms with E-state index in [1.165, 1.54) is 11.1 Å². The zero-order chi connectivity index (χ0) is 16.7. The summed E-state index contributed by atoms with van der Waals surface area (Å²) in [6.07, 6.45) is 3.25. The van der Waals surface area contributed by atoms with E-state index >= 15 is 0 Å². The maximum atomic E-state index is 5.88. The standard InChI is InChI=1S/C20H26O3/c1-15(2)23-18-11-6-5-9-17(18)10-7-8-16-12-13-19(21-3)20(14-16)22-4/h5-6,9,11-15H,7-8,10H2,1-4H3. The molecule has 0 radical (unpaired) electrons. The number of hydrogen-bond donors (Lipinski definition) is 0. The van der Waals surface area contributed by atoms with Gasteiger partial charge < -0.3 is 14.2 Å². The Hall–Kier alpha value is -2.16. The highest BCUT2D eigenvalue weighted by Crippen LogP contribution is 2.28. The van der Waals surface area contributed by atoms with Gasteiger partial charge in [0.25, 0.3) is 0 Å². The van der Waals surface area contributed by atoms with Crippen molar-refractivity contribution in [3.8, 4) is 17.2 Å². The van der Waals surface area contributed by atoms with Crippen molar-refractivity contribution in [2.24, 2.45) is 0 Å². The van der Waals surface area contributed by atoms with Crippen LogP contribution in [0.15, 0.2) is 42.5 Å².